The van der Waals surface area contributed by atoms with Gasteiger partial charge in [0.15, 0.2) is 0 Å². The molecule has 3 rings (SSSR count). The fourth-order valence-corrected chi connectivity index (χ4v) is 2.87. The number of carbonyl (C=O) groups is 1. The number of carbonyl (C=O) groups excluding carboxylic acids is 1. The molecular formula is C18H21N3O2. The molecule has 0 bridgehead atoms. The molecule has 0 fully saturated rings. The van der Waals surface area contributed by atoms with Gasteiger partial charge in [0.2, 0.25) is 0 Å². The number of β-amino-alcohol motifs (C(OH)–C–C–N with tert-alkyl or cyclic N) is 1. The molecule has 0 unspecified atom stereocenters. The summed E-state index contributed by atoms with van der Waals surface area (Å²) in [5.41, 5.74) is 3.08. The van der Waals surface area contributed by atoms with E-state index in [1.165, 1.54) is 11.1 Å². The number of aliphatic hydroxyl groups is 1. The van der Waals surface area contributed by atoms with Crippen molar-refractivity contribution in [2.24, 2.45) is 0 Å². The summed E-state index contributed by atoms with van der Waals surface area (Å²) in [6.45, 7) is 2.56. The highest BCUT2D eigenvalue weighted by Gasteiger charge is 2.18. The number of rotatable bonds is 5. The second-order valence-electron chi connectivity index (χ2n) is 5.83. The molecule has 1 amide bonds. The van der Waals surface area contributed by atoms with E-state index in [4.69, 9.17) is 0 Å². The summed E-state index contributed by atoms with van der Waals surface area (Å²) < 4.78 is 0. The number of nitrogens with one attached hydrogen (secondary N) is 1. The van der Waals surface area contributed by atoms with Crippen LogP contribution in [0.1, 0.15) is 21.6 Å². The average molecular weight is 311 g/mol. The van der Waals surface area contributed by atoms with Crippen LogP contribution in [0.15, 0.2) is 48.7 Å². The number of hydrogen-bond donors (Lipinski definition) is 2. The molecule has 1 aromatic heterocycles. The first-order valence-electron chi connectivity index (χ1n) is 7.89. The highest BCUT2D eigenvalue weighted by Crippen LogP contribution is 2.18. The maximum Gasteiger partial charge on any atom is 0.269 e. The van der Waals surface area contributed by atoms with E-state index in [1.807, 2.05) is 6.07 Å². The fourth-order valence-electron chi connectivity index (χ4n) is 2.87. The summed E-state index contributed by atoms with van der Waals surface area (Å²) in [5, 5.41) is 12.9. The summed E-state index contributed by atoms with van der Waals surface area (Å²) in [4.78, 5) is 18.1. The maximum absolute atomic E-state index is 11.9. The molecule has 2 N–H and O–H groups in total. The zero-order chi connectivity index (χ0) is 16.1. The van der Waals surface area contributed by atoms with Crippen molar-refractivity contribution in [3.8, 4) is 0 Å². The summed E-state index contributed by atoms with van der Waals surface area (Å²) in [6, 6.07) is 13.6. The van der Waals surface area contributed by atoms with Crippen LogP contribution in [0, 0.1) is 0 Å². The van der Waals surface area contributed by atoms with E-state index >= 15 is 0 Å². The van der Waals surface area contributed by atoms with E-state index in [1.54, 1.807) is 24.4 Å². The first-order chi connectivity index (χ1) is 11.2. The Balaban J connectivity index is 1.47. The van der Waals surface area contributed by atoms with Gasteiger partial charge >= 0.3 is 0 Å². The van der Waals surface area contributed by atoms with Gasteiger partial charge in [-0.1, -0.05) is 30.3 Å². The van der Waals surface area contributed by atoms with Crippen molar-refractivity contribution in [2.45, 2.75) is 19.1 Å². The SMILES string of the molecule is O=C(NC[C@H](O)CN1CCc2ccccc2C1)c1ccccn1. The van der Waals surface area contributed by atoms with E-state index in [0.717, 1.165) is 19.5 Å². The molecule has 1 atom stereocenters. The zero-order valence-corrected chi connectivity index (χ0v) is 13.0. The van der Waals surface area contributed by atoms with Crippen LogP contribution in [0.25, 0.3) is 0 Å². The minimum atomic E-state index is -0.590. The predicted octanol–water partition coefficient (Wildman–Crippen LogP) is 1.23. The van der Waals surface area contributed by atoms with E-state index < -0.39 is 6.10 Å². The van der Waals surface area contributed by atoms with E-state index in [2.05, 4.69) is 33.4 Å². The molecule has 0 radical (unpaired) electrons. The second kappa shape index (κ2) is 7.35. The summed E-state index contributed by atoms with van der Waals surface area (Å²) in [5.74, 6) is -0.256. The third kappa shape index (κ3) is 4.15. The van der Waals surface area contributed by atoms with Crippen molar-refractivity contribution in [2.75, 3.05) is 19.6 Å². The van der Waals surface area contributed by atoms with Crippen LogP contribution in [-0.4, -0.2) is 46.6 Å². The number of amides is 1. The van der Waals surface area contributed by atoms with Crippen molar-refractivity contribution >= 4 is 5.91 Å². The van der Waals surface area contributed by atoms with Gasteiger partial charge in [0.25, 0.3) is 5.91 Å². The molecule has 1 aliphatic heterocycles. The average Bonchev–Trinajstić information content (AvgIpc) is 2.60. The van der Waals surface area contributed by atoms with Gasteiger partial charge in [-0.2, -0.15) is 0 Å². The van der Waals surface area contributed by atoms with Crippen LogP contribution in [0.4, 0.5) is 0 Å². The maximum atomic E-state index is 11.9. The monoisotopic (exact) mass is 311 g/mol. The largest absolute Gasteiger partial charge is 0.390 e. The number of fused-ring (bicyclic) bond motifs is 1. The number of benzene rings is 1. The summed E-state index contributed by atoms with van der Waals surface area (Å²) >= 11 is 0. The van der Waals surface area contributed by atoms with Gasteiger partial charge in [0, 0.05) is 32.4 Å². The van der Waals surface area contributed by atoms with Gasteiger partial charge in [0.1, 0.15) is 5.69 Å². The Kier molecular flexibility index (Phi) is 5.00. The van der Waals surface area contributed by atoms with Crippen molar-refractivity contribution in [3.05, 3.63) is 65.5 Å². The lowest BCUT2D eigenvalue weighted by Crippen LogP contribution is -2.42. The van der Waals surface area contributed by atoms with Gasteiger partial charge in [-0.15, -0.1) is 0 Å². The first kappa shape index (κ1) is 15.6. The Morgan fingerprint density at radius 3 is 2.78 bits per heavy atom. The summed E-state index contributed by atoms with van der Waals surface area (Å²) in [7, 11) is 0. The minimum Gasteiger partial charge on any atom is -0.390 e. The highest BCUT2D eigenvalue weighted by molar-refractivity contribution is 5.92. The number of nitrogens with zero attached hydrogens (tertiary/aromatic N) is 2. The van der Waals surface area contributed by atoms with Gasteiger partial charge in [-0.3, -0.25) is 14.7 Å². The Hall–Kier alpha value is -2.24. The van der Waals surface area contributed by atoms with Crippen LogP contribution >= 0.6 is 0 Å². The number of aromatic nitrogens is 1. The van der Waals surface area contributed by atoms with Crippen molar-refractivity contribution in [3.63, 3.8) is 0 Å². The first-order valence-corrected chi connectivity index (χ1v) is 7.89. The molecule has 23 heavy (non-hydrogen) atoms. The standard InChI is InChI=1S/C18H21N3O2/c22-16(11-20-18(23)17-7-3-4-9-19-17)13-21-10-8-14-5-1-2-6-15(14)12-21/h1-7,9,16,22H,8,10-13H2,(H,20,23)/t16-/m0/s1. The van der Waals surface area contributed by atoms with Gasteiger partial charge in [-0.25, -0.2) is 0 Å². The number of aliphatic hydroxyl groups excluding tert-OH is 1. The molecule has 0 saturated heterocycles. The van der Waals surface area contributed by atoms with Gasteiger partial charge in [0.05, 0.1) is 6.10 Å². The van der Waals surface area contributed by atoms with Crippen LogP contribution in [-0.2, 0) is 13.0 Å². The Morgan fingerprint density at radius 2 is 2.00 bits per heavy atom. The molecule has 5 nitrogen and oxygen atoms in total. The van der Waals surface area contributed by atoms with Gasteiger partial charge < -0.3 is 10.4 Å². The Bertz CT molecular complexity index is 660. The van der Waals surface area contributed by atoms with Crippen molar-refractivity contribution < 1.29 is 9.90 Å². The lowest BCUT2D eigenvalue weighted by atomic mass is 10.00. The number of hydrogen-bond acceptors (Lipinski definition) is 4. The Labute approximate surface area is 136 Å². The quantitative estimate of drug-likeness (QED) is 0.872. The lowest BCUT2D eigenvalue weighted by Gasteiger charge is -2.30. The molecule has 0 saturated carbocycles. The number of pyridine rings is 1. The minimum absolute atomic E-state index is 0.230. The van der Waals surface area contributed by atoms with Gasteiger partial charge in [-0.05, 0) is 29.7 Å². The zero-order valence-electron chi connectivity index (χ0n) is 13.0. The predicted molar refractivity (Wildman–Crippen MR) is 88.0 cm³/mol. The normalized spacial score (nSPS) is 15.7. The highest BCUT2D eigenvalue weighted by atomic mass is 16.3. The summed E-state index contributed by atoms with van der Waals surface area (Å²) in [6.07, 6.45) is 1.99. The van der Waals surface area contributed by atoms with E-state index in [0.29, 0.717) is 12.2 Å². The fraction of sp³-hybridized carbons (Fsp3) is 0.333. The van der Waals surface area contributed by atoms with Crippen molar-refractivity contribution in [1.29, 1.82) is 0 Å². The van der Waals surface area contributed by atoms with Crippen LogP contribution in [0.3, 0.4) is 0 Å². The van der Waals surface area contributed by atoms with E-state index in [-0.39, 0.29) is 12.5 Å². The molecule has 0 aliphatic carbocycles. The third-order valence-electron chi connectivity index (χ3n) is 4.07. The molecule has 0 spiro atoms. The topological polar surface area (TPSA) is 65.5 Å². The molecule has 2 heterocycles. The molecule has 1 aliphatic rings. The molecule has 120 valence electrons. The molecular weight excluding hydrogens is 290 g/mol. The van der Waals surface area contributed by atoms with Crippen LogP contribution in [0.5, 0.6) is 0 Å². The lowest BCUT2D eigenvalue weighted by molar-refractivity contribution is 0.0838. The Morgan fingerprint density at radius 1 is 1.22 bits per heavy atom. The molecule has 5 heteroatoms. The van der Waals surface area contributed by atoms with Crippen LogP contribution < -0.4 is 5.32 Å². The second-order valence-corrected chi connectivity index (χ2v) is 5.83. The molecule has 2 aromatic rings. The van der Waals surface area contributed by atoms with Crippen molar-refractivity contribution in [1.82, 2.24) is 15.2 Å². The van der Waals surface area contributed by atoms with E-state index in [9.17, 15) is 9.90 Å². The van der Waals surface area contributed by atoms with Crippen LogP contribution in [0.2, 0.25) is 0 Å². The smallest absolute Gasteiger partial charge is 0.269 e. The molecule has 1 aromatic carbocycles. The third-order valence-corrected chi connectivity index (χ3v) is 4.07.